The molecule has 3 rings (SSSR count). The number of hydrogen-bond acceptors (Lipinski definition) is 3. The predicted molar refractivity (Wildman–Crippen MR) is 75.6 cm³/mol. The van der Waals surface area contributed by atoms with E-state index in [1.807, 2.05) is 18.2 Å². The summed E-state index contributed by atoms with van der Waals surface area (Å²) in [6.45, 7) is 1.06. The molecule has 2 heterocycles. The summed E-state index contributed by atoms with van der Waals surface area (Å²) in [6, 6.07) is 10.5. The largest absolute Gasteiger partial charge is 0.307 e. The molecule has 0 saturated carbocycles. The van der Waals surface area contributed by atoms with Gasteiger partial charge in [-0.2, -0.15) is 0 Å². The number of nitrogens with zero attached hydrogens (tertiary/aromatic N) is 3. The maximum absolute atomic E-state index is 11.7. The van der Waals surface area contributed by atoms with Crippen LogP contribution in [0.5, 0.6) is 0 Å². The van der Waals surface area contributed by atoms with E-state index in [-0.39, 0.29) is 5.91 Å². The van der Waals surface area contributed by atoms with Crippen LogP contribution in [-0.2, 0) is 4.79 Å². The molecule has 0 aromatic heterocycles. The molecule has 17 heavy (non-hydrogen) atoms. The van der Waals surface area contributed by atoms with E-state index in [9.17, 15) is 4.79 Å². The van der Waals surface area contributed by atoms with E-state index in [1.165, 1.54) is 0 Å². The Labute approximate surface area is 113 Å². The molecule has 0 radical (unpaired) electrons. The minimum absolute atomic E-state index is 0.119. The predicted octanol–water partition coefficient (Wildman–Crippen LogP) is 1.51. The van der Waals surface area contributed by atoms with Crippen LogP contribution in [0.3, 0.4) is 0 Å². The van der Waals surface area contributed by atoms with Crippen molar-refractivity contribution in [3.05, 3.63) is 30.3 Å². The maximum atomic E-state index is 11.7. The first-order chi connectivity index (χ1) is 8.31. The second-order valence-electron chi connectivity index (χ2n) is 4.13. The van der Waals surface area contributed by atoms with Crippen LogP contribution in [0.15, 0.2) is 35.3 Å². The average molecular weight is 341 g/mol. The van der Waals surface area contributed by atoms with Gasteiger partial charge in [-0.1, -0.05) is 40.8 Å². The molecule has 0 bridgehead atoms. The number of carbonyl (C=O) groups is 1. The summed E-state index contributed by atoms with van der Waals surface area (Å²) in [5.41, 5.74) is 1.12. The molecule has 0 spiro atoms. The van der Waals surface area contributed by atoms with E-state index in [0.29, 0.717) is 12.6 Å². The standard InChI is InChI=1S/C12H12IN3O/c13-6-10-8-15-11(17)7-14-12(15)16(10)9-4-2-1-3-5-9/h1-5,10H,6-8H2. The summed E-state index contributed by atoms with van der Waals surface area (Å²) in [5.74, 6) is 0.941. The summed E-state index contributed by atoms with van der Waals surface area (Å²) < 4.78 is 0.982. The molecule has 1 unspecified atom stereocenters. The number of carbonyl (C=O) groups excluding carboxylic acids is 1. The van der Waals surface area contributed by atoms with Crippen LogP contribution < -0.4 is 4.90 Å². The first kappa shape index (κ1) is 11.0. The van der Waals surface area contributed by atoms with Gasteiger partial charge in [0.2, 0.25) is 5.96 Å². The van der Waals surface area contributed by atoms with E-state index in [4.69, 9.17) is 0 Å². The van der Waals surface area contributed by atoms with Crippen LogP contribution in [0.2, 0.25) is 0 Å². The van der Waals surface area contributed by atoms with Gasteiger partial charge in [-0.05, 0) is 12.1 Å². The Balaban J connectivity index is 2.00. The number of aliphatic imine (C=N–C) groups is 1. The zero-order chi connectivity index (χ0) is 11.8. The van der Waals surface area contributed by atoms with Crippen molar-refractivity contribution in [1.29, 1.82) is 0 Å². The number of amides is 1. The van der Waals surface area contributed by atoms with Crippen LogP contribution >= 0.6 is 22.6 Å². The maximum Gasteiger partial charge on any atom is 0.251 e. The Kier molecular flexibility index (Phi) is 2.78. The number of alkyl halides is 1. The van der Waals surface area contributed by atoms with Crippen molar-refractivity contribution < 1.29 is 4.79 Å². The monoisotopic (exact) mass is 341 g/mol. The molecule has 4 nitrogen and oxygen atoms in total. The zero-order valence-electron chi connectivity index (χ0n) is 9.21. The quantitative estimate of drug-likeness (QED) is 0.604. The Bertz CT molecular complexity index is 474. The lowest BCUT2D eigenvalue weighted by Crippen LogP contribution is -2.35. The third-order valence-corrected chi connectivity index (χ3v) is 4.10. The normalized spacial score (nSPS) is 23.0. The highest BCUT2D eigenvalue weighted by molar-refractivity contribution is 14.1. The molecule has 1 saturated heterocycles. The van der Waals surface area contributed by atoms with Crippen molar-refractivity contribution in [2.75, 3.05) is 22.4 Å². The molecular weight excluding hydrogens is 329 g/mol. The molecule has 1 amide bonds. The summed E-state index contributed by atoms with van der Waals surface area (Å²) in [4.78, 5) is 20.0. The number of para-hydroxylation sites is 1. The molecule has 0 aliphatic carbocycles. The fourth-order valence-electron chi connectivity index (χ4n) is 2.30. The van der Waals surface area contributed by atoms with E-state index in [1.54, 1.807) is 4.90 Å². The van der Waals surface area contributed by atoms with E-state index < -0.39 is 0 Å². The number of halogens is 1. The van der Waals surface area contributed by atoms with Gasteiger partial charge in [-0.15, -0.1) is 0 Å². The number of anilines is 1. The lowest BCUT2D eigenvalue weighted by Gasteiger charge is -2.23. The van der Waals surface area contributed by atoms with Crippen molar-refractivity contribution >= 4 is 40.1 Å². The molecule has 2 aliphatic rings. The molecule has 2 aliphatic heterocycles. The van der Waals surface area contributed by atoms with Gasteiger partial charge in [-0.3, -0.25) is 9.69 Å². The fraction of sp³-hybridized carbons (Fsp3) is 0.333. The molecule has 1 atom stereocenters. The van der Waals surface area contributed by atoms with Crippen LogP contribution in [-0.4, -0.2) is 40.3 Å². The third-order valence-electron chi connectivity index (χ3n) is 3.08. The van der Waals surface area contributed by atoms with Gasteiger partial charge in [0.05, 0.1) is 12.6 Å². The van der Waals surface area contributed by atoms with Gasteiger partial charge in [-0.25, -0.2) is 4.99 Å². The first-order valence-electron chi connectivity index (χ1n) is 5.56. The van der Waals surface area contributed by atoms with Gasteiger partial charge >= 0.3 is 0 Å². The fourth-order valence-corrected chi connectivity index (χ4v) is 2.97. The van der Waals surface area contributed by atoms with E-state index >= 15 is 0 Å². The Morgan fingerprint density at radius 3 is 2.82 bits per heavy atom. The van der Waals surface area contributed by atoms with Crippen molar-refractivity contribution in [3.63, 3.8) is 0 Å². The highest BCUT2D eigenvalue weighted by Gasteiger charge is 2.41. The second-order valence-corrected chi connectivity index (χ2v) is 5.02. The Hall–Kier alpha value is -1.11. The van der Waals surface area contributed by atoms with Crippen molar-refractivity contribution in [2.45, 2.75) is 6.04 Å². The SMILES string of the molecule is O=C1CN=C2N1CC(CI)N2c1ccccc1. The molecule has 0 N–H and O–H groups in total. The summed E-state index contributed by atoms with van der Waals surface area (Å²) >= 11 is 2.36. The van der Waals surface area contributed by atoms with Crippen molar-refractivity contribution in [1.82, 2.24) is 4.90 Å². The van der Waals surface area contributed by atoms with Crippen LogP contribution in [0.25, 0.3) is 0 Å². The van der Waals surface area contributed by atoms with Gasteiger partial charge in [0.1, 0.15) is 6.54 Å². The number of guanidine groups is 1. The second kappa shape index (κ2) is 4.29. The van der Waals surface area contributed by atoms with E-state index in [2.05, 4.69) is 44.6 Å². The molecule has 1 aromatic carbocycles. The highest BCUT2D eigenvalue weighted by Crippen LogP contribution is 2.28. The topological polar surface area (TPSA) is 35.9 Å². The van der Waals surface area contributed by atoms with E-state index in [0.717, 1.165) is 22.6 Å². The zero-order valence-corrected chi connectivity index (χ0v) is 11.4. The lowest BCUT2D eigenvalue weighted by molar-refractivity contribution is -0.124. The summed E-state index contributed by atoms with van der Waals surface area (Å²) in [6.07, 6.45) is 0. The first-order valence-corrected chi connectivity index (χ1v) is 7.09. The highest BCUT2D eigenvalue weighted by atomic mass is 127. The third kappa shape index (κ3) is 1.72. The molecule has 1 fully saturated rings. The molecule has 88 valence electrons. The van der Waals surface area contributed by atoms with Crippen LogP contribution in [0.1, 0.15) is 0 Å². The molecule has 1 aromatic rings. The van der Waals surface area contributed by atoms with Crippen LogP contribution in [0, 0.1) is 0 Å². The Morgan fingerprint density at radius 1 is 1.35 bits per heavy atom. The van der Waals surface area contributed by atoms with Crippen molar-refractivity contribution in [3.8, 4) is 0 Å². The molecule has 5 heteroatoms. The van der Waals surface area contributed by atoms with Gasteiger partial charge < -0.3 is 4.90 Å². The van der Waals surface area contributed by atoms with Crippen molar-refractivity contribution in [2.24, 2.45) is 4.99 Å². The number of fused-ring (bicyclic) bond motifs is 1. The number of hydrogen-bond donors (Lipinski definition) is 0. The Morgan fingerprint density at radius 2 is 2.12 bits per heavy atom. The smallest absolute Gasteiger partial charge is 0.251 e. The van der Waals surface area contributed by atoms with Gasteiger partial charge in [0.25, 0.3) is 5.91 Å². The number of rotatable bonds is 2. The van der Waals surface area contributed by atoms with Gasteiger partial charge in [0, 0.05) is 10.1 Å². The molecular formula is C12H12IN3O. The summed E-state index contributed by atoms with van der Waals surface area (Å²) in [7, 11) is 0. The minimum Gasteiger partial charge on any atom is -0.307 e. The average Bonchev–Trinajstić information content (AvgIpc) is 2.90. The van der Waals surface area contributed by atoms with Crippen LogP contribution in [0.4, 0.5) is 5.69 Å². The number of benzene rings is 1. The minimum atomic E-state index is 0.119. The van der Waals surface area contributed by atoms with Gasteiger partial charge in [0.15, 0.2) is 0 Å². The summed E-state index contributed by atoms with van der Waals surface area (Å²) in [5, 5.41) is 0. The lowest BCUT2D eigenvalue weighted by atomic mass is 10.2.